The third kappa shape index (κ3) is 3.39. The van der Waals surface area contributed by atoms with E-state index < -0.39 is 4.92 Å². The molecular formula is C15H21N3O3. The second kappa shape index (κ2) is 6.67. The Labute approximate surface area is 124 Å². The van der Waals surface area contributed by atoms with Crippen LogP contribution in [0, 0.1) is 17.0 Å². The van der Waals surface area contributed by atoms with Gasteiger partial charge in [0.15, 0.2) is 0 Å². The van der Waals surface area contributed by atoms with Crippen LogP contribution in [-0.2, 0) is 0 Å². The Balaban J connectivity index is 2.33. The van der Waals surface area contributed by atoms with Gasteiger partial charge in [0, 0.05) is 18.7 Å². The molecule has 1 fully saturated rings. The number of benzene rings is 1. The number of hydrogen-bond donors (Lipinski definition) is 1. The van der Waals surface area contributed by atoms with Crippen LogP contribution in [0.3, 0.4) is 0 Å². The van der Waals surface area contributed by atoms with Crippen molar-refractivity contribution in [2.45, 2.75) is 38.6 Å². The van der Waals surface area contributed by atoms with Crippen LogP contribution in [-0.4, -0.2) is 34.9 Å². The third-order valence-electron chi connectivity index (χ3n) is 3.97. The van der Waals surface area contributed by atoms with Gasteiger partial charge in [0.05, 0.1) is 4.92 Å². The molecule has 6 heteroatoms. The van der Waals surface area contributed by atoms with E-state index in [0.717, 1.165) is 31.2 Å². The highest BCUT2D eigenvalue weighted by Gasteiger charge is 2.30. The van der Waals surface area contributed by atoms with E-state index in [9.17, 15) is 14.9 Å². The number of piperidine rings is 1. The van der Waals surface area contributed by atoms with E-state index in [1.807, 2.05) is 6.92 Å². The minimum Gasteiger partial charge on any atom is -0.335 e. The van der Waals surface area contributed by atoms with Gasteiger partial charge in [-0.3, -0.25) is 14.9 Å². The Morgan fingerprint density at radius 2 is 2.24 bits per heavy atom. The summed E-state index contributed by atoms with van der Waals surface area (Å²) in [6, 6.07) is 4.76. The van der Waals surface area contributed by atoms with Gasteiger partial charge in [-0.25, -0.2) is 0 Å². The number of nitrogens with zero attached hydrogens (tertiary/aromatic N) is 2. The van der Waals surface area contributed by atoms with Crippen molar-refractivity contribution in [3.05, 3.63) is 39.4 Å². The number of nitrogens with two attached hydrogens (primary N) is 1. The molecular weight excluding hydrogens is 270 g/mol. The Morgan fingerprint density at radius 3 is 2.90 bits per heavy atom. The molecule has 2 rings (SSSR count). The molecule has 2 N–H and O–H groups in total. The number of carbonyl (C=O) groups excluding carboxylic acids is 1. The van der Waals surface area contributed by atoms with Gasteiger partial charge < -0.3 is 10.6 Å². The van der Waals surface area contributed by atoms with Crippen molar-refractivity contribution in [2.75, 3.05) is 13.1 Å². The standard InChI is InChI=1S/C15H21N3O3/c1-11-5-6-14(18(20)21)13(10-11)15(19)17-9-3-2-4-12(17)7-8-16/h5-6,10,12H,2-4,7-9,16H2,1H3. The molecule has 0 aromatic heterocycles. The molecule has 1 saturated heterocycles. The second-order valence-electron chi connectivity index (χ2n) is 5.50. The highest BCUT2D eigenvalue weighted by Crippen LogP contribution is 2.26. The van der Waals surface area contributed by atoms with E-state index >= 15 is 0 Å². The zero-order valence-corrected chi connectivity index (χ0v) is 12.2. The lowest BCUT2D eigenvalue weighted by atomic mass is 9.97. The average molecular weight is 291 g/mol. The van der Waals surface area contributed by atoms with Crippen molar-refractivity contribution in [2.24, 2.45) is 5.73 Å². The highest BCUT2D eigenvalue weighted by atomic mass is 16.6. The van der Waals surface area contributed by atoms with Crippen LogP contribution in [0.2, 0.25) is 0 Å². The molecule has 21 heavy (non-hydrogen) atoms. The number of likely N-dealkylation sites (tertiary alicyclic amines) is 1. The molecule has 6 nitrogen and oxygen atoms in total. The fourth-order valence-corrected chi connectivity index (χ4v) is 2.90. The first-order chi connectivity index (χ1) is 10.0. The Hall–Kier alpha value is -1.95. The average Bonchev–Trinajstić information content (AvgIpc) is 2.47. The van der Waals surface area contributed by atoms with Crippen LogP contribution < -0.4 is 5.73 Å². The number of nitro groups is 1. The molecule has 1 heterocycles. The third-order valence-corrected chi connectivity index (χ3v) is 3.97. The van der Waals surface area contributed by atoms with E-state index in [4.69, 9.17) is 5.73 Å². The SMILES string of the molecule is Cc1ccc([N+](=O)[O-])c(C(=O)N2CCCCC2CCN)c1. The smallest absolute Gasteiger partial charge is 0.282 e. The molecule has 1 aliphatic rings. The van der Waals surface area contributed by atoms with E-state index in [1.54, 1.807) is 17.0 Å². The number of nitro benzene ring substituents is 1. The van der Waals surface area contributed by atoms with Gasteiger partial charge in [-0.15, -0.1) is 0 Å². The van der Waals surface area contributed by atoms with Crippen LogP contribution in [0.4, 0.5) is 5.69 Å². The molecule has 1 atom stereocenters. The van der Waals surface area contributed by atoms with Gasteiger partial charge >= 0.3 is 0 Å². The fourth-order valence-electron chi connectivity index (χ4n) is 2.90. The van der Waals surface area contributed by atoms with Gasteiger partial charge in [0.1, 0.15) is 5.56 Å². The van der Waals surface area contributed by atoms with Gasteiger partial charge in [-0.2, -0.15) is 0 Å². The Bertz CT molecular complexity index is 543. The number of amides is 1. The van der Waals surface area contributed by atoms with E-state index in [-0.39, 0.29) is 23.2 Å². The van der Waals surface area contributed by atoms with E-state index in [2.05, 4.69) is 0 Å². The maximum atomic E-state index is 12.7. The molecule has 1 aliphatic heterocycles. The van der Waals surface area contributed by atoms with Crippen molar-refractivity contribution < 1.29 is 9.72 Å². The van der Waals surface area contributed by atoms with Crippen molar-refractivity contribution >= 4 is 11.6 Å². The lowest BCUT2D eigenvalue weighted by Crippen LogP contribution is -2.44. The predicted octanol–water partition coefficient (Wildman–Crippen LogP) is 2.25. The molecule has 1 amide bonds. The summed E-state index contributed by atoms with van der Waals surface area (Å²) in [6.07, 6.45) is 3.67. The number of hydrogen-bond acceptors (Lipinski definition) is 4. The summed E-state index contributed by atoms with van der Waals surface area (Å²) in [5.41, 5.74) is 6.52. The molecule has 114 valence electrons. The van der Waals surface area contributed by atoms with Gasteiger partial charge in [0.25, 0.3) is 11.6 Å². The summed E-state index contributed by atoms with van der Waals surface area (Å²) in [4.78, 5) is 25.2. The summed E-state index contributed by atoms with van der Waals surface area (Å²) in [7, 11) is 0. The molecule has 1 unspecified atom stereocenters. The van der Waals surface area contributed by atoms with Crippen LogP contribution in [0.1, 0.15) is 41.6 Å². The molecule has 1 aromatic carbocycles. The number of rotatable bonds is 4. The largest absolute Gasteiger partial charge is 0.335 e. The molecule has 0 bridgehead atoms. The van der Waals surface area contributed by atoms with Crippen LogP contribution >= 0.6 is 0 Å². The molecule has 0 saturated carbocycles. The summed E-state index contributed by atoms with van der Waals surface area (Å²) < 4.78 is 0. The van der Waals surface area contributed by atoms with Crippen LogP contribution in [0.25, 0.3) is 0 Å². The topological polar surface area (TPSA) is 89.5 Å². The van der Waals surface area contributed by atoms with Crippen molar-refractivity contribution in [1.29, 1.82) is 0 Å². The quantitative estimate of drug-likeness (QED) is 0.680. The van der Waals surface area contributed by atoms with Crippen molar-refractivity contribution in [1.82, 2.24) is 4.90 Å². The van der Waals surface area contributed by atoms with Crippen LogP contribution in [0.15, 0.2) is 18.2 Å². The van der Waals surface area contributed by atoms with E-state index in [1.165, 1.54) is 6.07 Å². The summed E-state index contributed by atoms with van der Waals surface area (Å²) in [6.45, 7) is 2.99. The first-order valence-electron chi connectivity index (χ1n) is 7.30. The Kier molecular flexibility index (Phi) is 4.90. The lowest BCUT2D eigenvalue weighted by Gasteiger charge is -2.35. The summed E-state index contributed by atoms with van der Waals surface area (Å²) in [5, 5.41) is 11.1. The minimum absolute atomic E-state index is 0.0939. The van der Waals surface area contributed by atoms with Gasteiger partial charge in [-0.05, 0) is 50.8 Å². The molecule has 0 aliphatic carbocycles. The highest BCUT2D eigenvalue weighted by molar-refractivity contribution is 5.98. The first kappa shape index (κ1) is 15.4. The van der Waals surface area contributed by atoms with Gasteiger partial charge in [-0.1, -0.05) is 6.07 Å². The number of carbonyl (C=O) groups is 1. The maximum absolute atomic E-state index is 12.7. The number of aryl methyl sites for hydroxylation is 1. The van der Waals surface area contributed by atoms with Crippen molar-refractivity contribution in [3.63, 3.8) is 0 Å². The second-order valence-corrected chi connectivity index (χ2v) is 5.50. The normalized spacial score (nSPS) is 18.6. The zero-order valence-electron chi connectivity index (χ0n) is 12.2. The maximum Gasteiger partial charge on any atom is 0.282 e. The lowest BCUT2D eigenvalue weighted by molar-refractivity contribution is -0.385. The zero-order chi connectivity index (χ0) is 15.4. The molecule has 0 spiro atoms. The minimum atomic E-state index is -0.492. The molecule has 1 aromatic rings. The first-order valence-corrected chi connectivity index (χ1v) is 7.30. The summed E-state index contributed by atoms with van der Waals surface area (Å²) in [5.74, 6) is -0.247. The fraction of sp³-hybridized carbons (Fsp3) is 0.533. The summed E-state index contributed by atoms with van der Waals surface area (Å²) >= 11 is 0. The van der Waals surface area contributed by atoms with E-state index in [0.29, 0.717) is 13.1 Å². The Morgan fingerprint density at radius 1 is 1.48 bits per heavy atom. The van der Waals surface area contributed by atoms with Crippen LogP contribution in [0.5, 0.6) is 0 Å². The van der Waals surface area contributed by atoms with Crippen molar-refractivity contribution in [3.8, 4) is 0 Å². The van der Waals surface area contributed by atoms with Gasteiger partial charge in [0.2, 0.25) is 0 Å². The monoisotopic (exact) mass is 291 g/mol. The predicted molar refractivity (Wildman–Crippen MR) is 80.2 cm³/mol. The molecule has 0 radical (unpaired) electrons.